The van der Waals surface area contributed by atoms with Crippen LogP contribution in [0.3, 0.4) is 0 Å². The molecule has 0 aliphatic carbocycles. The van der Waals surface area contributed by atoms with Gasteiger partial charge in [0.05, 0.1) is 17.8 Å². The van der Waals surface area contributed by atoms with Crippen LogP contribution < -0.4 is 16.6 Å². The molecule has 0 saturated carbocycles. The van der Waals surface area contributed by atoms with Crippen LogP contribution in [-0.4, -0.2) is 44.2 Å². The van der Waals surface area contributed by atoms with Crippen molar-refractivity contribution in [1.82, 2.24) is 24.5 Å². The van der Waals surface area contributed by atoms with Crippen LogP contribution in [0, 0.1) is 0 Å². The van der Waals surface area contributed by atoms with E-state index < -0.39 is 11.2 Å². The predicted molar refractivity (Wildman–Crippen MR) is 111 cm³/mol. The first-order valence-corrected chi connectivity index (χ1v) is 9.57. The first kappa shape index (κ1) is 22.9. The van der Waals surface area contributed by atoms with Gasteiger partial charge in [-0.1, -0.05) is 19.0 Å². The number of carbonyl (C=O) groups excluding carboxylic acids is 1. The summed E-state index contributed by atoms with van der Waals surface area (Å²) in [4.78, 5) is 39.3. The van der Waals surface area contributed by atoms with Crippen molar-refractivity contribution in [1.29, 1.82) is 0 Å². The number of amides is 1. The largest absolute Gasteiger partial charge is 0.351 e. The summed E-state index contributed by atoms with van der Waals surface area (Å²) in [5.41, 5.74) is 0.326. The Bertz CT molecular complexity index is 974. The van der Waals surface area contributed by atoms with Crippen LogP contribution >= 0.6 is 12.4 Å². The summed E-state index contributed by atoms with van der Waals surface area (Å²) in [6.45, 7) is 5.62. The third kappa shape index (κ3) is 4.62. The Hall–Kier alpha value is -2.39. The molecule has 1 aliphatic heterocycles. The average molecular weight is 426 g/mol. The summed E-state index contributed by atoms with van der Waals surface area (Å²) in [5.74, 6) is 0.0679. The molecule has 0 aromatic carbocycles. The van der Waals surface area contributed by atoms with Crippen LogP contribution in [0.2, 0.25) is 0 Å². The molecule has 1 fully saturated rings. The van der Waals surface area contributed by atoms with Crippen LogP contribution in [0.4, 0.5) is 0 Å². The van der Waals surface area contributed by atoms with Gasteiger partial charge < -0.3 is 19.3 Å². The molecule has 160 valence electrons. The number of rotatable bonds is 6. The van der Waals surface area contributed by atoms with E-state index in [9.17, 15) is 14.4 Å². The summed E-state index contributed by atoms with van der Waals surface area (Å²) < 4.78 is 7.73. The lowest BCUT2D eigenvalue weighted by atomic mass is 10.1. The zero-order chi connectivity index (χ0) is 20.4. The van der Waals surface area contributed by atoms with Gasteiger partial charge in [0, 0.05) is 44.9 Å². The van der Waals surface area contributed by atoms with E-state index in [1.807, 2.05) is 13.8 Å². The molecule has 0 bridgehead atoms. The van der Waals surface area contributed by atoms with Gasteiger partial charge in [-0.3, -0.25) is 14.2 Å². The molecule has 1 saturated heterocycles. The second kappa shape index (κ2) is 9.41. The van der Waals surface area contributed by atoms with Gasteiger partial charge in [-0.15, -0.1) is 12.4 Å². The molecule has 3 rings (SSSR count). The van der Waals surface area contributed by atoms with E-state index >= 15 is 0 Å². The first-order valence-electron chi connectivity index (χ1n) is 9.57. The minimum Gasteiger partial charge on any atom is -0.351 e. The standard InChI is InChI=1S/C19H27N5O4.ClH/c1-5-12(2)15-8-16(28-21-15)18(26)24(14-6-7-20-9-14)11-13-10-22(3)19(27)23(4)17(13)25;/h8,10,12,14,20H,5-7,9,11H2,1-4H3;1H. The summed E-state index contributed by atoms with van der Waals surface area (Å²) in [7, 11) is 3.02. The highest BCUT2D eigenvalue weighted by molar-refractivity contribution is 5.91. The summed E-state index contributed by atoms with van der Waals surface area (Å²) in [6.07, 6.45) is 3.17. The maximum Gasteiger partial charge on any atom is 0.330 e. The van der Waals surface area contributed by atoms with Crippen molar-refractivity contribution in [3.63, 3.8) is 0 Å². The zero-order valence-electron chi connectivity index (χ0n) is 17.2. The Labute approximate surface area is 175 Å². The number of hydrogen-bond donors (Lipinski definition) is 1. The van der Waals surface area contributed by atoms with Gasteiger partial charge >= 0.3 is 5.69 Å². The molecule has 1 N–H and O–H groups in total. The molecule has 9 nitrogen and oxygen atoms in total. The zero-order valence-corrected chi connectivity index (χ0v) is 18.0. The van der Waals surface area contributed by atoms with Crippen molar-refractivity contribution in [3.8, 4) is 0 Å². The van der Waals surface area contributed by atoms with Crippen molar-refractivity contribution >= 4 is 18.3 Å². The van der Waals surface area contributed by atoms with Crippen molar-refractivity contribution < 1.29 is 9.32 Å². The van der Waals surface area contributed by atoms with Crippen LogP contribution in [0.15, 0.2) is 26.4 Å². The molecular formula is C19H28ClN5O4. The van der Waals surface area contributed by atoms with Crippen LogP contribution in [0.5, 0.6) is 0 Å². The summed E-state index contributed by atoms with van der Waals surface area (Å²) in [6, 6.07) is 1.62. The molecule has 0 spiro atoms. The molecule has 1 aliphatic rings. The number of carbonyl (C=O) groups is 1. The molecule has 1 amide bonds. The summed E-state index contributed by atoms with van der Waals surface area (Å²) in [5, 5.41) is 7.28. The Balaban J connectivity index is 0.00000300. The molecule has 2 aromatic rings. The quantitative estimate of drug-likeness (QED) is 0.741. The third-order valence-electron chi connectivity index (χ3n) is 5.45. The highest BCUT2D eigenvalue weighted by atomic mass is 35.5. The average Bonchev–Trinajstić information content (AvgIpc) is 3.39. The molecular weight excluding hydrogens is 398 g/mol. The topological polar surface area (TPSA) is 102 Å². The van der Waals surface area contributed by atoms with Gasteiger partial charge in [0.25, 0.3) is 11.5 Å². The Morgan fingerprint density at radius 2 is 2.14 bits per heavy atom. The highest BCUT2D eigenvalue weighted by Crippen LogP contribution is 2.21. The predicted octanol–water partition coefficient (Wildman–Crippen LogP) is 1.01. The first-order chi connectivity index (χ1) is 13.3. The molecule has 3 heterocycles. The Morgan fingerprint density at radius 3 is 2.76 bits per heavy atom. The van der Waals surface area contributed by atoms with E-state index in [-0.39, 0.29) is 42.6 Å². The van der Waals surface area contributed by atoms with Crippen LogP contribution in [0.25, 0.3) is 0 Å². The lowest BCUT2D eigenvalue weighted by Gasteiger charge is -2.27. The van der Waals surface area contributed by atoms with E-state index in [4.69, 9.17) is 4.52 Å². The number of halogens is 1. The number of nitrogens with zero attached hydrogens (tertiary/aromatic N) is 4. The van der Waals surface area contributed by atoms with Gasteiger partial charge in [-0.05, 0) is 19.4 Å². The van der Waals surface area contributed by atoms with Crippen LogP contribution in [0.1, 0.15) is 54.4 Å². The van der Waals surface area contributed by atoms with Crippen LogP contribution in [-0.2, 0) is 20.6 Å². The van der Waals surface area contributed by atoms with Gasteiger partial charge in [0.1, 0.15) is 0 Å². The van der Waals surface area contributed by atoms with E-state index in [1.54, 1.807) is 18.0 Å². The minimum atomic E-state index is -0.400. The van der Waals surface area contributed by atoms with Crippen molar-refractivity contribution in [3.05, 3.63) is 50.1 Å². The van der Waals surface area contributed by atoms with Gasteiger partial charge in [0.2, 0.25) is 5.76 Å². The maximum atomic E-state index is 13.2. The van der Waals surface area contributed by atoms with Crippen molar-refractivity contribution in [2.24, 2.45) is 14.1 Å². The second-order valence-corrected chi connectivity index (χ2v) is 7.42. The molecule has 2 aromatic heterocycles. The Kier molecular flexibility index (Phi) is 7.43. The molecule has 10 heteroatoms. The molecule has 2 atom stereocenters. The monoisotopic (exact) mass is 425 g/mol. The molecule has 29 heavy (non-hydrogen) atoms. The smallest absolute Gasteiger partial charge is 0.330 e. The van der Waals surface area contributed by atoms with Gasteiger partial charge in [-0.2, -0.15) is 0 Å². The fourth-order valence-electron chi connectivity index (χ4n) is 3.42. The fraction of sp³-hybridized carbons (Fsp3) is 0.579. The van der Waals surface area contributed by atoms with E-state index in [1.165, 1.54) is 17.8 Å². The molecule has 2 unspecified atom stereocenters. The van der Waals surface area contributed by atoms with E-state index in [2.05, 4.69) is 10.5 Å². The lowest BCUT2D eigenvalue weighted by molar-refractivity contribution is 0.0631. The summed E-state index contributed by atoms with van der Waals surface area (Å²) >= 11 is 0. The van der Waals surface area contributed by atoms with E-state index in [0.717, 1.165) is 29.6 Å². The highest BCUT2D eigenvalue weighted by Gasteiger charge is 2.31. The maximum absolute atomic E-state index is 13.2. The SMILES string of the molecule is CCC(C)c1cc(C(=O)N(Cc2cn(C)c(=O)n(C)c2=O)C2CCNC2)on1.Cl. The van der Waals surface area contributed by atoms with Gasteiger partial charge in [0.15, 0.2) is 0 Å². The van der Waals surface area contributed by atoms with Gasteiger partial charge in [-0.25, -0.2) is 4.79 Å². The Morgan fingerprint density at radius 1 is 1.41 bits per heavy atom. The number of aryl methyl sites for hydroxylation is 1. The molecule has 0 radical (unpaired) electrons. The third-order valence-corrected chi connectivity index (χ3v) is 5.45. The number of hydrogen-bond acceptors (Lipinski definition) is 6. The second-order valence-electron chi connectivity index (χ2n) is 7.42. The van der Waals surface area contributed by atoms with Crippen molar-refractivity contribution in [2.45, 2.75) is 45.2 Å². The lowest BCUT2D eigenvalue weighted by Crippen LogP contribution is -2.45. The number of aromatic nitrogens is 3. The van der Waals surface area contributed by atoms with Crippen molar-refractivity contribution in [2.75, 3.05) is 13.1 Å². The normalized spacial score (nSPS) is 17.0. The fourth-order valence-corrected chi connectivity index (χ4v) is 3.42. The van der Waals surface area contributed by atoms with E-state index in [0.29, 0.717) is 12.1 Å². The number of nitrogens with one attached hydrogen (secondary N) is 1. The minimum absolute atomic E-state index is 0.